The maximum Gasteiger partial charge on any atom is 0.211 e. The number of hydrogen-bond donors (Lipinski definition) is 0. The third kappa shape index (κ3) is 3.04. The van der Waals surface area contributed by atoms with Crippen molar-refractivity contribution in [1.82, 2.24) is 0 Å². The third-order valence-corrected chi connectivity index (χ3v) is 5.33. The van der Waals surface area contributed by atoms with E-state index in [1.807, 2.05) is 79.7 Å². The predicted octanol–water partition coefficient (Wildman–Crippen LogP) is 4.73. The highest BCUT2D eigenvalue weighted by molar-refractivity contribution is 6.12. The van der Waals surface area contributed by atoms with Gasteiger partial charge in [-0.15, -0.1) is 0 Å². The quantitative estimate of drug-likeness (QED) is 0.501. The van der Waals surface area contributed by atoms with Crippen LogP contribution in [0.5, 0.6) is 0 Å². The molecule has 0 fully saturated rings. The van der Waals surface area contributed by atoms with E-state index in [0.29, 0.717) is 11.1 Å². The van der Waals surface area contributed by atoms with Gasteiger partial charge in [0.2, 0.25) is 6.54 Å². The standard InChI is InChI=1S/C23H19NO3/c1-15-10-12-16(13-11-15)21(14-24(26)27)22-17-6-2-4-8-19(17)23(25)20-9-5-3-7-18(20)22/h2-13,21-22H,14H2,1H3. The second-order valence-corrected chi connectivity index (χ2v) is 7.01. The van der Waals surface area contributed by atoms with Gasteiger partial charge in [0.25, 0.3) is 0 Å². The first kappa shape index (κ1) is 17.2. The van der Waals surface area contributed by atoms with Gasteiger partial charge in [-0.05, 0) is 23.6 Å². The molecule has 4 nitrogen and oxygen atoms in total. The molecular weight excluding hydrogens is 338 g/mol. The molecule has 1 atom stereocenters. The van der Waals surface area contributed by atoms with Crippen molar-refractivity contribution in [3.63, 3.8) is 0 Å². The van der Waals surface area contributed by atoms with E-state index >= 15 is 0 Å². The van der Waals surface area contributed by atoms with Crippen molar-refractivity contribution in [3.8, 4) is 0 Å². The Morgan fingerprint density at radius 2 is 1.41 bits per heavy atom. The molecule has 1 aliphatic rings. The van der Waals surface area contributed by atoms with E-state index in [0.717, 1.165) is 22.3 Å². The lowest BCUT2D eigenvalue weighted by molar-refractivity contribution is -0.483. The summed E-state index contributed by atoms with van der Waals surface area (Å²) in [5, 5.41) is 11.5. The minimum absolute atomic E-state index is 0.0128. The number of rotatable bonds is 4. The first-order chi connectivity index (χ1) is 13.1. The molecule has 0 spiro atoms. The van der Waals surface area contributed by atoms with Crippen LogP contribution in [0.4, 0.5) is 0 Å². The highest BCUT2D eigenvalue weighted by Gasteiger charge is 2.38. The highest BCUT2D eigenvalue weighted by atomic mass is 16.6. The molecular formula is C23H19NO3. The van der Waals surface area contributed by atoms with Gasteiger partial charge in [-0.1, -0.05) is 78.4 Å². The van der Waals surface area contributed by atoms with E-state index in [2.05, 4.69) is 0 Å². The van der Waals surface area contributed by atoms with Crippen LogP contribution >= 0.6 is 0 Å². The molecule has 0 saturated heterocycles. The molecule has 0 bridgehead atoms. The van der Waals surface area contributed by atoms with Crippen LogP contribution in [0.2, 0.25) is 0 Å². The summed E-state index contributed by atoms with van der Waals surface area (Å²) < 4.78 is 0. The highest BCUT2D eigenvalue weighted by Crippen LogP contribution is 2.45. The summed E-state index contributed by atoms with van der Waals surface area (Å²) in [5.41, 5.74) is 5.05. The average Bonchev–Trinajstić information content (AvgIpc) is 2.68. The van der Waals surface area contributed by atoms with Crippen LogP contribution in [0.3, 0.4) is 0 Å². The summed E-state index contributed by atoms with van der Waals surface area (Å²) in [6, 6.07) is 22.9. The Balaban J connectivity index is 1.94. The van der Waals surface area contributed by atoms with Crippen molar-refractivity contribution in [2.24, 2.45) is 0 Å². The number of carbonyl (C=O) groups is 1. The van der Waals surface area contributed by atoms with E-state index in [4.69, 9.17) is 0 Å². The molecule has 27 heavy (non-hydrogen) atoms. The van der Waals surface area contributed by atoms with Crippen LogP contribution in [0.15, 0.2) is 72.8 Å². The number of fused-ring (bicyclic) bond motifs is 2. The fraction of sp³-hybridized carbons (Fsp3) is 0.174. The smallest absolute Gasteiger partial charge is 0.211 e. The Morgan fingerprint density at radius 1 is 0.889 bits per heavy atom. The van der Waals surface area contributed by atoms with Crippen LogP contribution in [-0.4, -0.2) is 17.3 Å². The van der Waals surface area contributed by atoms with Crippen LogP contribution in [0.1, 0.15) is 50.0 Å². The minimum Gasteiger partial charge on any atom is -0.289 e. The van der Waals surface area contributed by atoms with Crippen molar-refractivity contribution in [2.75, 3.05) is 6.54 Å². The molecule has 1 aliphatic carbocycles. The number of hydrogen-bond acceptors (Lipinski definition) is 3. The zero-order valence-corrected chi connectivity index (χ0v) is 15.0. The summed E-state index contributed by atoms with van der Waals surface area (Å²) in [6.07, 6.45) is 0. The Labute approximate surface area is 157 Å². The van der Waals surface area contributed by atoms with Gasteiger partial charge in [0.15, 0.2) is 5.78 Å². The van der Waals surface area contributed by atoms with Gasteiger partial charge in [-0.25, -0.2) is 0 Å². The van der Waals surface area contributed by atoms with Gasteiger partial charge < -0.3 is 0 Å². The van der Waals surface area contributed by atoms with Crippen molar-refractivity contribution in [1.29, 1.82) is 0 Å². The molecule has 0 radical (unpaired) electrons. The molecule has 3 aromatic carbocycles. The van der Waals surface area contributed by atoms with E-state index < -0.39 is 0 Å². The minimum atomic E-state index is -0.351. The maximum absolute atomic E-state index is 12.9. The lowest BCUT2D eigenvalue weighted by atomic mass is 9.70. The number of ketones is 1. The van der Waals surface area contributed by atoms with Crippen LogP contribution in [-0.2, 0) is 0 Å². The molecule has 3 aromatic rings. The van der Waals surface area contributed by atoms with Gasteiger partial charge in [0.05, 0.1) is 5.92 Å². The molecule has 0 heterocycles. The number of nitro groups is 1. The average molecular weight is 357 g/mol. The van der Waals surface area contributed by atoms with E-state index in [1.54, 1.807) is 0 Å². The van der Waals surface area contributed by atoms with Crippen LogP contribution in [0, 0.1) is 17.0 Å². The summed E-state index contributed by atoms with van der Waals surface area (Å²) >= 11 is 0. The van der Waals surface area contributed by atoms with Gasteiger partial charge in [-0.3, -0.25) is 14.9 Å². The predicted molar refractivity (Wildman–Crippen MR) is 104 cm³/mol. The monoisotopic (exact) mass is 357 g/mol. The van der Waals surface area contributed by atoms with Crippen molar-refractivity contribution >= 4 is 5.78 Å². The number of aryl methyl sites for hydroxylation is 1. The van der Waals surface area contributed by atoms with E-state index in [9.17, 15) is 14.9 Å². The van der Waals surface area contributed by atoms with Crippen LogP contribution < -0.4 is 0 Å². The maximum atomic E-state index is 12.9. The van der Waals surface area contributed by atoms with Gasteiger partial charge in [0.1, 0.15) is 0 Å². The lowest BCUT2D eigenvalue weighted by Gasteiger charge is -2.32. The second-order valence-electron chi connectivity index (χ2n) is 7.01. The second kappa shape index (κ2) is 6.80. The number of nitrogens with zero attached hydrogens (tertiary/aromatic N) is 1. The van der Waals surface area contributed by atoms with Crippen molar-refractivity contribution in [2.45, 2.75) is 18.8 Å². The molecule has 134 valence electrons. The van der Waals surface area contributed by atoms with E-state index in [-0.39, 0.29) is 29.1 Å². The van der Waals surface area contributed by atoms with Crippen molar-refractivity contribution < 1.29 is 9.72 Å². The first-order valence-electron chi connectivity index (χ1n) is 8.97. The zero-order chi connectivity index (χ0) is 19.0. The number of benzene rings is 3. The van der Waals surface area contributed by atoms with Crippen molar-refractivity contribution in [3.05, 3.63) is 116 Å². The summed E-state index contributed by atoms with van der Waals surface area (Å²) in [4.78, 5) is 24.2. The summed E-state index contributed by atoms with van der Waals surface area (Å²) in [6.45, 7) is 1.81. The molecule has 4 rings (SSSR count). The van der Waals surface area contributed by atoms with Crippen LogP contribution in [0.25, 0.3) is 0 Å². The fourth-order valence-electron chi connectivity index (χ4n) is 4.07. The SMILES string of the molecule is Cc1ccc(C(C[N+](=O)[O-])C2c3ccccc3C(=O)c3ccccc32)cc1. The zero-order valence-electron chi connectivity index (χ0n) is 15.0. The summed E-state index contributed by atoms with van der Waals surface area (Å²) in [7, 11) is 0. The molecule has 0 amide bonds. The van der Waals surface area contributed by atoms with Gasteiger partial charge in [0, 0.05) is 22.0 Å². The molecule has 0 aromatic heterocycles. The molecule has 0 aliphatic heterocycles. The normalized spacial score (nSPS) is 14.3. The lowest BCUT2D eigenvalue weighted by Crippen LogP contribution is -2.27. The third-order valence-electron chi connectivity index (χ3n) is 5.33. The Hall–Kier alpha value is -3.27. The Morgan fingerprint density at radius 3 is 1.93 bits per heavy atom. The molecule has 1 unspecified atom stereocenters. The van der Waals surface area contributed by atoms with E-state index in [1.165, 1.54) is 0 Å². The fourth-order valence-corrected chi connectivity index (χ4v) is 4.07. The summed E-state index contributed by atoms with van der Waals surface area (Å²) in [5.74, 6) is -0.597. The largest absolute Gasteiger partial charge is 0.289 e. The Kier molecular flexibility index (Phi) is 4.32. The molecule has 0 N–H and O–H groups in total. The molecule has 4 heteroatoms. The van der Waals surface area contributed by atoms with Gasteiger partial charge >= 0.3 is 0 Å². The molecule has 0 saturated carbocycles. The Bertz CT molecular complexity index is 974. The first-order valence-corrected chi connectivity index (χ1v) is 8.97. The number of carbonyl (C=O) groups excluding carboxylic acids is 1. The van der Waals surface area contributed by atoms with Gasteiger partial charge in [-0.2, -0.15) is 0 Å². The topological polar surface area (TPSA) is 60.2 Å².